The molecule has 0 bridgehead atoms. The normalized spacial score (nSPS) is 24.7. The van der Waals surface area contributed by atoms with Gasteiger partial charge in [0.15, 0.2) is 0 Å². The molecule has 1 aliphatic rings. The summed E-state index contributed by atoms with van der Waals surface area (Å²) in [5, 5.41) is 0. The van der Waals surface area contributed by atoms with Gasteiger partial charge in [0.1, 0.15) is 0 Å². The zero-order chi connectivity index (χ0) is 12.6. The molecular formula is C15H23NOS. The van der Waals surface area contributed by atoms with Crippen LogP contribution in [-0.4, -0.2) is 24.5 Å². The first-order chi connectivity index (χ1) is 8.86. The van der Waals surface area contributed by atoms with E-state index in [1.165, 1.54) is 24.2 Å². The van der Waals surface area contributed by atoms with Crippen LogP contribution in [0.3, 0.4) is 0 Å². The van der Waals surface area contributed by atoms with Gasteiger partial charge in [-0.15, -0.1) is 11.8 Å². The smallest absolute Gasteiger partial charge is 0.0726 e. The lowest BCUT2D eigenvalue weighted by Crippen LogP contribution is -2.36. The van der Waals surface area contributed by atoms with Crippen LogP contribution in [0.4, 0.5) is 0 Å². The standard InChI is InChI=1S/C15H23NOS/c16-14-9-5-2-6-10-15(14)17-11-12-18-13-7-3-1-4-8-13/h1,3-4,7-8,14-15H,2,5-6,9-12,16H2. The zero-order valence-electron chi connectivity index (χ0n) is 10.9. The lowest BCUT2D eigenvalue weighted by molar-refractivity contribution is 0.0416. The summed E-state index contributed by atoms with van der Waals surface area (Å²) in [5.74, 6) is 1.01. The van der Waals surface area contributed by atoms with Crippen molar-refractivity contribution in [1.29, 1.82) is 0 Å². The number of rotatable bonds is 5. The Labute approximate surface area is 114 Å². The van der Waals surface area contributed by atoms with E-state index in [1.54, 1.807) is 0 Å². The molecule has 100 valence electrons. The maximum Gasteiger partial charge on any atom is 0.0726 e. The molecule has 1 saturated carbocycles. The summed E-state index contributed by atoms with van der Waals surface area (Å²) in [6.07, 6.45) is 6.38. The largest absolute Gasteiger partial charge is 0.376 e. The van der Waals surface area contributed by atoms with E-state index in [0.29, 0.717) is 0 Å². The number of hydrogen-bond donors (Lipinski definition) is 1. The molecule has 0 heterocycles. The molecule has 0 saturated heterocycles. The number of benzene rings is 1. The zero-order valence-corrected chi connectivity index (χ0v) is 11.7. The highest BCUT2D eigenvalue weighted by molar-refractivity contribution is 7.99. The SMILES string of the molecule is NC1CCCCCC1OCCSc1ccccc1. The van der Waals surface area contributed by atoms with Crippen LogP contribution in [0.5, 0.6) is 0 Å². The molecule has 18 heavy (non-hydrogen) atoms. The third-order valence-electron chi connectivity index (χ3n) is 3.43. The first-order valence-corrected chi connectivity index (χ1v) is 7.90. The van der Waals surface area contributed by atoms with E-state index in [-0.39, 0.29) is 12.1 Å². The fourth-order valence-electron chi connectivity index (χ4n) is 2.38. The topological polar surface area (TPSA) is 35.2 Å². The predicted octanol–water partition coefficient (Wildman–Crippen LogP) is 3.46. The van der Waals surface area contributed by atoms with Gasteiger partial charge in [0.25, 0.3) is 0 Å². The average molecular weight is 265 g/mol. The summed E-state index contributed by atoms with van der Waals surface area (Å²) in [7, 11) is 0. The summed E-state index contributed by atoms with van der Waals surface area (Å²) in [6.45, 7) is 0.803. The van der Waals surface area contributed by atoms with Gasteiger partial charge < -0.3 is 10.5 Å². The van der Waals surface area contributed by atoms with Crippen molar-refractivity contribution in [3.63, 3.8) is 0 Å². The monoisotopic (exact) mass is 265 g/mol. The first-order valence-electron chi connectivity index (χ1n) is 6.91. The van der Waals surface area contributed by atoms with Gasteiger partial charge in [0.05, 0.1) is 12.7 Å². The van der Waals surface area contributed by atoms with E-state index in [9.17, 15) is 0 Å². The minimum Gasteiger partial charge on any atom is -0.376 e. The molecule has 1 fully saturated rings. The number of ether oxygens (including phenoxy) is 1. The maximum atomic E-state index is 6.14. The highest BCUT2D eigenvalue weighted by atomic mass is 32.2. The summed E-state index contributed by atoms with van der Waals surface area (Å²) < 4.78 is 5.95. The third-order valence-corrected chi connectivity index (χ3v) is 4.41. The molecule has 2 atom stereocenters. The summed E-state index contributed by atoms with van der Waals surface area (Å²) in [6, 6.07) is 10.7. The average Bonchev–Trinajstić information content (AvgIpc) is 2.61. The van der Waals surface area contributed by atoms with Crippen LogP contribution >= 0.6 is 11.8 Å². The van der Waals surface area contributed by atoms with Gasteiger partial charge in [-0.1, -0.05) is 37.5 Å². The minimum atomic E-state index is 0.245. The number of nitrogens with two attached hydrogens (primary N) is 1. The van der Waals surface area contributed by atoms with Gasteiger partial charge in [-0.2, -0.15) is 0 Å². The van der Waals surface area contributed by atoms with E-state index < -0.39 is 0 Å². The first kappa shape index (κ1) is 13.9. The highest BCUT2D eigenvalue weighted by Crippen LogP contribution is 2.21. The molecule has 0 radical (unpaired) electrons. The van der Waals surface area contributed by atoms with Crippen LogP contribution in [0.2, 0.25) is 0 Å². The van der Waals surface area contributed by atoms with Gasteiger partial charge in [-0.3, -0.25) is 0 Å². The maximum absolute atomic E-state index is 6.14. The molecule has 0 aromatic heterocycles. The van der Waals surface area contributed by atoms with Crippen LogP contribution in [0, 0.1) is 0 Å². The van der Waals surface area contributed by atoms with E-state index in [4.69, 9.17) is 10.5 Å². The second kappa shape index (κ2) is 7.82. The third kappa shape index (κ3) is 4.63. The van der Waals surface area contributed by atoms with Crippen LogP contribution in [0.15, 0.2) is 35.2 Å². The Hall–Kier alpha value is -0.510. The molecule has 0 amide bonds. The van der Waals surface area contributed by atoms with Crippen molar-refractivity contribution < 1.29 is 4.74 Å². The molecule has 1 aliphatic carbocycles. The second-order valence-corrected chi connectivity index (χ2v) is 6.04. The van der Waals surface area contributed by atoms with Gasteiger partial charge in [-0.05, 0) is 25.0 Å². The Bertz CT molecular complexity index is 331. The fraction of sp³-hybridized carbons (Fsp3) is 0.600. The van der Waals surface area contributed by atoms with E-state index in [2.05, 4.69) is 24.3 Å². The Morgan fingerprint density at radius 3 is 2.72 bits per heavy atom. The summed E-state index contributed by atoms with van der Waals surface area (Å²) >= 11 is 1.85. The Morgan fingerprint density at radius 2 is 1.89 bits per heavy atom. The number of thioether (sulfide) groups is 1. The van der Waals surface area contributed by atoms with Crippen LogP contribution in [-0.2, 0) is 4.74 Å². The van der Waals surface area contributed by atoms with Gasteiger partial charge in [0.2, 0.25) is 0 Å². The molecule has 2 rings (SSSR count). The summed E-state index contributed by atoms with van der Waals surface area (Å²) in [4.78, 5) is 1.31. The van der Waals surface area contributed by atoms with Gasteiger partial charge in [0, 0.05) is 16.7 Å². The van der Waals surface area contributed by atoms with Gasteiger partial charge >= 0.3 is 0 Å². The predicted molar refractivity (Wildman–Crippen MR) is 78.0 cm³/mol. The van der Waals surface area contributed by atoms with Crippen molar-refractivity contribution in [3.8, 4) is 0 Å². The molecular weight excluding hydrogens is 242 g/mol. The molecule has 0 aliphatic heterocycles. The molecule has 2 unspecified atom stereocenters. The van der Waals surface area contributed by atoms with Crippen molar-refractivity contribution >= 4 is 11.8 Å². The number of hydrogen-bond acceptors (Lipinski definition) is 3. The lowest BCUT2D eigenvalue weighted by Gasteiger charge is -2.21. The molecule has 2 nitrogen and oxygen atoms in total. The molecule has 1 aromatic rings. The Balaban J connectivity index is 1.65. The van der Waals surface area contributed by atoms with Crippen molar-refractivity contribution in [2.24, 2.45) is 5.73 Å². The Kier molecular flexibility index (Phi) is 6.05. The molecule has 0 spiro atoms. The van der Waals surface area contributed by atoms with Crippen LogP contribution < -0.4 is 5.73 Å². The quantitative estimate of drug-likeness (QED) is 0.503. The second-order valence-electron chi connectivity index (χ2n) is 4.87. The van der Waals surface area contributed by atoms with Gasteiger partial charge in [-0.25, -0.2) is 0 Å². The molecule has 1 aromatic carbocycles. The summed E-state index contributed by atoms with van der Waals surface area (Å²) in [5.41, 5.74) is 6.14. The fourth-order valence-corrected chi connectivity index (χ4v) is 3.15. The van der Waals surface area contributed by atoms with Crippen molar-refractivity contribution in [1.82, 2.24) is 0 Å². The minimum absolute atomic E-state index is 0.245. The van der Waals surface area contributed by atoms with Crippen LogP contribution in [0.1, 0.15) is 32.1 Å². The van der Waals surface area contributed by atoms with Crippen LogP contribution in [0.25, 0.3) is 0 Å². The molecule has 3 heteroatoms. The van der Waals surface area contributed by atoms with Crippen molar-refractivity contribution in [2.45, 2.75) is 49.1 Å². The Morgan fingerprint density at radius 1 is 1.11 bits per heavy atom. The van der Waals surface area contributed by atoms with E-state index >= 15 is 0 Å². The van der Waals surface area contributed by atoms with E-state index in [0.717, 1.165) is 25.2 Å². The molecule has 2 N–H and O–H groups in total. The van der Waals surface area contributed by atoms with E-state index in [1.807, 2.05) is 17.8 Å². The van der Waals surface area contributed by atoms with Crippen molar-refractivity contribution in [2.75, 3.05) is 12.4 Å². The van der Waals surface area contributed by atoms with Crippen molar-refractivity contribution in [3.05, 3.63) is 30.3 Å². The highest BCUT2D eigenvalue weighted by Gasteiger charge is 2.20. The lowest BCUT2D eigenvalue weighted by atomic mass is 10.1.